The van der Waals surface area contributed by atoms with Crippen molar-refractivity contribution in [3.63, 3.8) is 0 Å². The molecule has 190 valence electrons. The average molecular weight is 629 g/mol. The van der Waals surface area contributed by atoms with E-state index in [9.17, 15) is 9.59 Å². The van der Waals surface area contributed by atoms with Gasteiger partial charge in [0.05, 0.1) is 22.5 Å². The van der Waals surface area contributed by atoms with Crippen LogP contribution in [0.25, 0.3) is 21.9 Å². The minimum absolute atomic E-state index is 0.00721. The van der Waals surface area contributed by atoms with Gasteiger partial charge in [-0.3, -0.25) is 9.59 Å². The number of rotatable bonds is 5. The lowest BCUT2D eigenvalue weighted by molar-refractivity contribution is -0.138. The Morgan fingerprint density at radius 2 is 2.05 bits per heavy atom. The van der Waals surface area contributed by atoms with Gasteiger partial charge in [0, 0.05) is 17.5 Å². The highest BCUT2D eigenvalue weighted by atomic mass is 79.9. The van der Waals surface area contributed by atoms with Crippen molar-refractivity contribution in [3.05, 3.63) is 45.7 Å². The lowest BCUT2D eigenvalue weighted by Gasteiger charge is -2.27. The number of nitrogens with one attached hydrogen (secondary N) is 1. The molecule has 3 aromatic heterocycles. The molecule has 4 heterocycles. The first-order valence-electron chi connectivity index (χ1n) is 11.7. The van der Waals surface area contributed by atoms with Gasteiger partial charge >= 0.3 is 0 Å². The smallest absolute Gasteiger partial charge is 0.248 e. The highest BCUT2D eigenvalue weighted by Gasteiger charge is 2.64. The Bertz CT molecular complexity index is 1610. The number of methoxy groups -OCH3 is 1. The van der Waals surface area contributed by atoms with E-state index < -0.39 is 6.04 Å². The third-order valence-corrected chi connectivity index (χ3v) is 8.49. The predicted octanol–water partition coefficient (Wildman–Crippen LogP) is 4.11. The van der Waals surface area contributed by atoms with Crippen LogP contribution in [0.1, 0.15) is 19.8 Å². The Kier molecular flexibility index (Phi) is 5.64. The monoisotopic (exact) mass is 627 g/mol. The zero-order valence-corrected chi connectivity index (χ0v) is 23.2. The van der Waals surface area contributed by atoms with Crippen molar-refractivity contribution in [3.8, 4) is 5.75 Å². The second-order valence-corrected chi connectivity index (χ2v) is 11.4. The van der Waals surface area contributed by atoms with E-state index in [1.165, 1.54) is 6.33 Å². The van der Waals surface area contributed by atoms with E-state index in [-0.39, 0.29) is 29.8 Å². The summed E-state index contributed by atoms with van der Waals surface area (Å²) in [6, 6.07) is 8.48. The minimum atomic E-state index is -0.589. The molecular formula is C25H23Br2N7O3. The van der Waals surface area contributed by atoms with Crippen LogP contribution >= 0.6 is 31.9 Å². The third kappa shape index (κ3) is 3.93. The molecule has 4 aromatic rings. The number of pyridine rings is 1. The molecule has 2 aliphatic rings. The number of amides is 2. The van der Waals surface area contributed by atoms with Crippen molar-refractivity contribution >= 4 is 77.2 Å². The number of fused-ring (bicyclic) bond motifs is 4. The number of anilines is 2. The number of hydrogen-bond acceptors (Lipinski definition) is 7. The van der Waals surface area contributed by atoms with Gasteiger partial charge < -0.3 is 25.3 Å². The molecule has 1 aliphatic carbocycles. The minimum Gasteiger partial charge on any atom is -0.495 e. The van der Waals surface area contributed by atoms with E-state index in [0.717, 1.165) is 21.8 Å². The normalized spacial score (nSPS) is 22.3. The van der Waals surface area contributed by atoms with Crippen LogP contribution in [0.15, 0.2) is 45.7 Å². The number of benzene rings is 1. The van der Waals surface area contributed by atoms with Gasteiger partial charge in [0.2, 0.25) is 11.8 Å². The summed E-state index contributed by atoms with van der Waals surface area (Å²) in [6.45, 7) is 2.12. The summed E-state index contributed by atoms with van der Waals surface area (Å²) in [5.74, 6) is 0.973. The van der Waals surface area contributed by atoms with Gasteiger partial charge in [-0.15, -0.1) is 0 Å². The van der Waals surface area contributed by atoms with Gasteiger partial charge in [-0.05, 0) is 68.3 Å². The van der Waals surface area contributed by atoms with Crippen molar-refractivity contribution in [1.29, 1.82) is 0 Å². The molecule has 6 rings (SSSR count). The molecule has 37 heavy (non-hydrogen) atoms. The largest absolute Gasteiger partial charge is 0.495 e. The number of nitrogens with two attached hydrogens (primary N) is 1. The molecule has 0 bridgehead atoms. The molecular weight excluding hydrogens is 606 g/mol. The fraction of sp³-hybridized carbons (Fsp3) is 0.320. The van der Waals surface area contributed by atoms with Crippen LogP contribution in [-0.4, -0.2) is 55.4 Å². The number of piperidine rings is 1. The lowest BCUT2D eigenvalue weighted by Crippen LogP contribution is -2.46. The fourth-order valence-corrected chi connectivity index (χ4v) is 6.36. The van der Waals surface area contributed by atoms with Crippen molar-refractivity contribution in [2.45, 2.75) is 38.4 Å². The number of nitrogens with zero attached hydrogens (tertiary/aromatic N) is 5. The number of carbonyl (C=O) groups is 2. The Morgan fingerprint density at radius 1 is 1.24 bits per heavy atom. The van der Waals surface area contributed by atoms with Crippen LogP contribution in [0.2, 0.25) is 0 Å². The summed E-state index contributed by atoms with van der Waals surface area (Å²) >= 11 is 6.86. The molecule has 0 spiro atoms. The van der Waals surface area contributed by atoms with Crippen molar-refractivity contribution in [1.82, 2.24) is 24.4 Å². The average Bonchev–Trinajstić information content (AvgIpc) is 3.28. The number of carbonyl (C=O) groups excluding carboxylic acids is 2. The van der Waals surface area contributed by atoms with Crippen molar-refractivity contribution < 1.29 is 14.3 Å². The molecule has 1 saturated carbocycles. The number of nitrogen functional groups attached to an aromatic ring is 1. The fourth-order valence-electron chi connectivity index (χ4n) is 5.51. The van der Waals surface area contributed by atoms with Crippen LogP contribution in [-0.2, 0) is 16.1 Å². The van der Waals surface area contributed by atoms with Crippen molar-refractivity contribution in [2.24, 2.45) is 5.41 Å². The first-order valence-corrected chi connectivity index (χ1v) is 13.3. The molecule has 2 fully saturated rings. The Hall–Kier alpha value is -3.25. The Balaban J connectivity index is 1.37. The van der Waals surface area contributed by atoms with E-state index in [2.05, 4.69) is 59.1 Å². The predicted molar refractivity (Wildman–Crippen MR) is 146 cm³/mol. The summed E-state index contributed by atoms with van der Waals surface area (Å²) in [7, 11) is 1.58. The molecule has 3 N–H and O–H groups in total. The first kappa shape index (κ1) is 24.1. The number of aromatic nitrogens is 4. The molecule has 0 radical (unpaired) electrons. The quantitative estimate of drug-likeness (QED) is 0.318. The maximum absolute atomic E-state index is 13.9. The van der Waals surface area contributed by atoms with Gasteiger partial charge in [0.15, 0.2) is 0 Å². The summed E-state index contributed by atoms with van der Waals surface area (Å²) in [6.07, 6.45) is 2.87. The van der Waals surface area contributed by atoms with E-state index in [4.69, 9.17) is 10.5 Å². The van der Waals surface area contributed by atoms with Crippen molar-refractivity contribution in [2.75, 3.05) is 18.2 Å². The highest BCUT2D eigenvalue weighted by molar-refractivity contribution is 9.10. The van der Waals surface area contributed by atoms with Gasteiger partial charge in [-0.1, -0.05) is 13.0 Å². The molecule has 2 amide bonds. The van der Waals surface area contributed by atoms with E-state index >= 15 is 0 Å². The van der Waals surface area contributed by atoms with Crippen LogP contribution in [0, 0.1) is 5.41 Å². The van der Waals surface area contributed by atoms with Crippen LogP contribution < -0.4 is 15.8 Å². The molecule has 3 atom stereocenters. The third-order valence-electron chi connectivity index (χ3n) is 7.43. The molecule has 1 saturated heterocycles. The molecule has 1 aliphatic heterocycles. The zero-order valence-electron chi connectivity index (χ0n) is 20.0. The maximum atomic E-state index is 13.9. The summed E-state index contributed by atoms with van der Waals surface area (Å²) in [4.78, 5) is 41.9. The highest BCUT2D eigenvalue weighted by Crippen LogP contribution is 2.59. The molecule has 12 heteroatoms. The number of halogens is 2. The van der Waals surface area contributed by atoms with E-state index in [0.29, 0.717) is 39.4 Å². The topological polar surface area (TPSA) is 128 Å². The van der Waals surface area contributed by atoms with Crippen LogP contribution in [0.4, 0.5) is 11.6 Å². The van der Waals surface area contributed by atoms with Crippen LogP contribution in [0.5, 0.6) is 5.75 Å². The summed E-state index contributed by atoms with van der Waals surface area (Å²) in [5.41, 5.74) is 7.46. The van der Waals surface area contributed by atoms with Gasteiger partial charge in [-0.2, -0.15) is 0 Å². The Labute approximate surface area is 228 Å². The van der Waals surface area contributed by atoms with Crippen LogP contribution in [0.3, 0.4) is 0 Å². The van der Waals surface area contributed by atoms with Gasteiger partial charge in [-0.25, -0.2) is 15.0 Å². The summed E-state index contributed by atoms with van der Waals surface area (Å²) in [5, 5.41) is 4.35. The van der Waals surface area contributed by atoms with E-state index in [1.54, 1.807) is 30.2 Å². The maximum Gasteiger partial charge on any atom is 0.248 e. The number of ether oxygens (including phenoxy) is 1. The molecule has 10 nitrogen and oxygen atoms in total. The summed E-state index contributed by atoms with van der Waals surface area (Å²) < 4.78 is 8.70. The number of likely N-dealkylation sites (tertiary alicyclic amines) is 1. The SMILES string of the molecule is COc1cc2c(cc1Br)c1c(N)ncnc1n2CC(=O)N1C2C[C@]2(C)C[C@H]1C(=O)Nc1cccc(Br)n1. The standard InChI is InChI=1S/C25H23Br2N7O3/c1-25-8-15(24(36)32-19-5-3-4-18(27)31-19)34(17(25)9-25)20(35)10-33-14-7-16(37-2)13(26)6-12(14)21-22(28)29-11-30-23(21)33/h3-7,11,15,17H,8-10H2,1-2H3,(H2,28,29,30)(H,31,32,36)/t15-,17?,25-/m0/s1. The Morgan fingerprint density at radius 3 is 2.81 bits per heavy atom. The second kappa shape index (κ2) is 8.66. The second-order valence-electron chi connectivity index (χ2n) is 9.78. The number of hydrogen-bond donors (Lipinski definition) is 2. The molecule has 1 aromatic carbocycles. The molecule has 1 unspecified atom stereocenters. The van der Waals surface area contributed by atoms with Gasteiger partial charge in [0.25, 0.3) is 0 Å². The first-order chi connectivity index (χ1) is 17.7. The van der Waals surface area contributed by atoms with Gasteiger partial charge in [0.1, 0.15) is 46.5 Å². The van der Waals surface area contributed by atoms with E-state index in [1.807, 2.05) is 16.7 Å². The zero-order chi connectivity index (χ0) is 26.1. The lowest BCUT2D eigenvalue weighted by atomic mass is 10.0.